The molecular weight excluding hydrogens is 285 g/mol. The Bertz CT molecular complexity index is 817. The van der Waals surface area contributed by atoms with Gasteiger partial charge in [-0.15, -0.1) is 0 Å². The van der Waals surface area contributed by atoms with Crippen LogP contribution in [0.3, 0.4) is 0 Å². The lowest BCUT2D eigenvalue weighted by molar-refractivity contribution is 0.406. The zero-order valence-corrected chi connectivity index (χ0v) is 12.5. The fourth-order valence-corrected chi connectivity index (χ4v) is 2.40. The first-order valence-electron chi connectivity index (χ1n) is 6.83. The highest BCUT2D eigenvalue weighted by Crippen LogP contribution is 2.29. The summed E-state index contributed by atoms with van der Waals surface area (Å²) >= 11 is 0. The molecule has 3 rings (SSSR count). The van der Waals surface area contributed by atoms with Gasteiger partial charge >= 0.3 is 0 Å². The van der Waals surface area contributed by atoms with E-state index in [0.29, 0.717) is 11.6 Å². The van der Waals surface area contributed by atoms with Crippen LogP contribution >= 0.6 is 0 Å². The van der Waals surface area contributed by atoms with E-state index in [0.717, 1.165) is 16.6 Å². The zero-order valence-electron chi connectivity index (χ0n) is 12.5. The number of hydrogen-bond donors (Lipinski definition) is 1. The quantitative estimate of drug-likeness (QED) is 0.802. The van der Waals surface area contributed by atoms with Crippen LogP contribution in [-0.4, -0.2) is 26.9 Å². The normalized spacial score (nSPS) is 12.4. The van der Waals surface area contributed by atoms with Crippen LogP contribution in [0, 0.1) is 5.82 Å². The van der Waals surface area contributed by atoms with Gasteiger partial charge in [-0.1, -0.05) is 0 Å². The molecule has 0 radical (unpaired) electrons. The summed E-state index contributed by atoms with van der Waals surface area (Å²) in [6.07, 6.45) is 3.18. The van der Waals surface area contributed by atoms with Gasteiger partial charge in [0, 0.05) is 12.6 Å². The summed E-state index contributed by atoms with van der Waals surface area (Å²) in [5.41, 5.74) is 1.45. The maximum Gasteiger partial charge on any atom is 0.163 e. The molecule has 2 aromatic heterocycles. The number of aromatic nitrogens is 4. The molecule has 0 aliphatic rings. The average molecular weight is 301 g/mol. The molecule has 0 saturated carbocycles. The van der Waals surface area contributed by atoms with Gasteiger partial charge in [0.2, 0.25) is 0 Å². The Balaban J connectivity index is 1.96. The number of halogens is 1. The summed E-state index contributed by atoms with van der Waals surface area (Å²) in [4.78, 5) is 8.45. The molecule has 1 atom stereocenters. The molecule has 114 valence electrons. The van der Waals surface area contributed by atoms with Crippen molar-refractivity contribution in [2.24, 2.45) is 7.05 Å². The first-order chi connectivity index (χ1) is 10.6. The maximum atomic E-state index is 13.5. The molecule has 3 aromatic rings. The molecule has 22 heavy (non-hydrogen) atoms. The molecule has 1 N–H and O–H groups in total. The molecule has 1 aromatic carbocycles. The van der Waals surface area contributed by atoms with Gasteiger partial charge in [-0.3, -0.25) is 4.68 Å². The second kappa shape index (κ2) is 5.59. The second-order valence-electron chi connectivity index (χ2n) is 4.98. The van der Waals surface area contributed by atoms with Gasteiger partial charge in [-0.25, -0.2) is 14.4 Å². The van der Waals surface area contributed by atoms with E-state index in [9.17, 15) is 4.39 Å². The average Bonchev–Trinajstić information content (AvgIpc) is 2.90. The van der Waals surface area contributed by atoms with E-state index in [1.54, 1.807) is 24.1 Å². The molecule has 0 spiro atoms. The van der Waals surface area contributed by atoms with Crippen molar-refractivity contribution >= 4 is 16.9 Å². The summed E-state index contributed by atoms with van der Waals surface area (Å²) in [5, 5.41) is 8.25. The fourth-order valence-electron chi connectivity index (χ4n) is 2.40. The van der Waals surface area contributed by atoms with Crippen LogP contribution in [0.4, 0.5) is 10.2 Å². The lowest BCUT2D eigenvalue weighted by atomic mass is 10.1. The SMILES string of the molecule is COc1ccc(F)cc1[C@@H](C)Nc1ncnc2c1cnn2C. The van der Waals surface area contributed by atoms with Crippen LogP contribution in [0.15, 0.2) is 30.7 Å². The molecule has 2 heterocycles. The Hall–Kier alpha value is -2.70. The zero-order chi connectivity index (χ0) is 15.7. The largest absolute Gasteiger partial charge is 0.496 e. The maximum absolute atomic E-state index is 13.5. The van der Waals surface area contributed by atoms with E-state index in [1.165, 1.54) is 18.5 Å². The molecular formula is C15H16FN5O. The lowest BCUT2D eigenvalue weighted by Gasteiger charge is -2.18. The van der Waals surface area contributed by atoms with Crippen LogP contribution in [-0.2, 0) is 7.05 Å². The van der Waals surface area contributed by atoms with Crippen molar-refractivity contribution in [3.63, 3.8) is 0 Å². The highest BCUT2D eigenvalue weighted by atomic mass is 19.1. The summed E-state index contributed by atoms with van der Waals surface area (Å²) in [6, 6.07) is 4.25. The highest BCUT2D eigenvalue weighted by molar-refractivity contribution is 5.86. The molecule has 6 nitrogen and oxygen atoms in total. The topological polar surface area (TPSA) is 64.9 Å². The number of benzene rings is 1. The van der Waals surface area contributed by atoms with Gasteiger partial charge in [0.25, 0.3) is 0 Å². The van der Waals surface area contributed by atoms with Gasteiger partial charge in [-0.2, -0.15) is 5.10 Å². The molecule has 0 aliphatic carbocycles. The third kappa shape index (κ3) is 2.45. The van der Waals surface area contributed by atoms with E-state index in [4.69, 9.17) is 4.74 Å². The number of rotatable bonds is 4. The molecule has 7 heteroatoms. The predicted molar refractivity (Wildman–Crippen MR) is 81.3 cm³/mol. The first kappa shape index (κ1) is 14.2. The Morgan fingerprint density at radius 3 is 2.91 bits per heavy atom. The Kier molecular flexibility index (Phi) is 3.62. The van der Waals surface area contributed by atoms with Gasteiger partial charge in [0.15, 0.2) is 5.65 Å². The molecule has 0 saturated heterocycles. The Morgan fingerprint density at radius 1 is 1.32 bits per heavy atom. The third-order valence-electron chi connectivity index (χ3n) is 3.54. The fraction of sp³-hybridized carbons (Fsp3) is 0.267. The van der Waals surface area contributed by atoms with E-state index in [2.05, 4.69) is 20.4 Å². The van der Waals surface area contributed by atoms with Crippen LogP contribution in [0.2, 0.25) is 0 Å². The minimum Gasteiger partial charge on any atom is -0.496 e. The van der Waals surface area contributed by atoms with E-state index in [-0.39, 0.29) is 11.9 Å². The molecule has 0 aliphatic heterocycles. The lowest BCUT2D eigenvalue weighted by Crippen LogP contribution is -2.10. The Labute approximate surface area is 127 Å². The minimum absolute atomic E-state index is 0.191. The molecule has 0 fully saturated rings. The van der Waals surface area contributed by atoms with Gasteiger partial charge in [-0.05, 0) is 25.1 Å². The molecule has 0 unspecified atom stereocenters. The van der Waals surface area contributed by atoms with Gasteiger partial charge < -0.3 is 10.1 Å². The van der Waals surface area contributed by atoms with Crippen LogP contribution in [0.25, 0.3) is 11.0 Å². The van der Waals surface area contributed by atoms with Gasteiger partial charge in [0.05, 0.1) is 24.7 Å². The van der Waals surface area contributed by atoms with Crippen molar-refractivity contribution in [3.05, 3.63) is 42.1 Å². The van der Waals surface area contributed by atoms with Crippen LogP contribution in [0.1, 0.15) is 18.5 Å². The molecule has 0 amide bonds. The number of hydrogen-bond acceptors (Lipinski definition) is 5. The Morgan fingerprint density at radius 2 is 2.14 bits per heavy atom. The number of nitrogens with one attached hydrogen (secondary N) is 1. The van der Waals surface area contributed by atoms with Crippen molar-refractivity contribution in [2.75, 3.05) is 12.4 Å². The van der Waals surface area contributed by atoms with E-state index < -0.39 is 0 Å². The summed E-state index contributed by atoms with van der Waals surface area (Å²) in [7, 11) is 3.38. The summed E-state index contributed by atoms with van der Waals surface area (Å²) in [6.45, 7) is 1.92. The van der Waals surface area contributed by atoms with Crippen molar-refractivity contribution in [1.82, 2.24) is 19.7 Å². The monoisotopic (exact) mass is 301 g/mol. The smallest absolute Gasteiger partial charge is 0.163 e. The first-order valence-corrected chi connectivity index (χ1v) is 6.83. The van der Waals surface area contributed by atoms with Crippen LogP contribution in [0.5, 0.6) is 5.75 Å². The summed E-state index contributed by atoms with van der Waals surface area (Å²) < 4.78 is 20.5. The minimum atomic E-state index is -0.307. The van der Waals surface area contributed by atoms with E-state index >= 15 is 0 Å². The standard InChI is InChI=1S/C15H16FN5O/c1-9(11-6-10(16)4-5-13(11)22-3)20-14-12-7-19-21(2)15(12)18-8-17-14/h4-9H,1-3H3,(H,17,18,20)/t9-/m1/s1. The highest BCUT2D eigenvalue weighted by Gasteiger charge is 2.15. The molecule has 0 bridgehead atoms. The number of nitrogens with zero attached hydrogens (tertiary/aromatic N) is 4. The van der Waals surface area contributed by atoms with Crippen molar-refractivity contribution < 1.29 is 9.13 Å². The van der Waals surface area contributed by atoms with Crippen molar-refractivity contribution in [1.29, 1.82) is 0 Å². The van der Waals surface area contributed by atoms with Gasteiger partial charge in [0.1, 0.15) is 23.7 Å². The van der Waals surface area contributed by atoms with Crippen molar-refractivity contribution in [2.45, 2.75) is 13.0 Å². The van der Waals surface area contributed by atoms with Crippen LogP contribution < -0.4 is 10.1 Å². The number of anilines is 1. The number of ether oxygens (including phenoxy) is 1. The number of aryl methyl sites for hydroxylation is 1. The second-order valence-corrected chi connectivity index (χ2v) is 4.98. The third-order valence-corrected chi connectivity index (χ3v) is 3.54. The number of fused-ring (bicyclic) bond motifs is 1. The van der Waals surface area contributed by atoms with E-state index in [1.807, 2.05) is 14.0 Å². The van der Waals surface area contributed by atoms with Crippen molar-refractivity contribution in [3.8, 4) is 5.75 Å². The summed E-state index contributed by atoms with van der Waals surface area (Å²) in [5.74, 6) is 0.966. The number of methoxy groups -OCH3 is 1. The predicted octanol–water partition coefficient (Wildman–Crippen LogP) is 2.68.